The van der Waals surface area contributed by atoms with Crippen LogP contribution in [0.5, 0.6) is 0 Å². The maximum absolute atomic E-state index is 10.8. The highest BCUT2D eigenvalue weighted by Gasteiger charge is 2.09. The third-order valence-corrected chi connectivity index (χ3v) is 2.71. The van der Waals surface area contributed by atoms with Gasteiger partial charge >= 0.3 is 0 Å². The molecule has 0 N–H and O–H groups in total. The van der Waals surface area contributed by atoms with E-state index in [0.29, 0.717) is 0 Å². The minimum Gasteiger partial charge on any atom is -0.298 e. The molecule has 1 aromatic rings. The topological polar surface area (TPSA) is 34.9 Å². The van der Waals surface area contributed by atoms with Gasteiger partial charge < -0.3 is 0 Å². The van der Waals surface area contributed by atoms with Crippen LogP contribution in [-0.2, 0) is 6.54 Å². The van der Waals surface area contributed by atoms with Crippen LogP contribution < -0.4 is 0 Å². The van der Waals surface area contributed by atoms with Gasteiger partial charge in [-0.1, -0.05) is 13.8 Å². The molecule has 0 radical (unpaired) electrons. The van der Waals surface area contributed by atoms with Crippen molar-refractivity contribution in [2.75, 3.05) is 0 Å². The Bertz CT molecular complexity index is 340. The van der Waals surface area contributed by atoms with Crippen molar-refractivity contribution in [2.24, 2.45) is 5.92 Å². The van der Waals surface area contributed by atoms with Crippen molar-refractivity contribution in [3.63, 3.8) is 0 Å². The fourth-order valence-corrected chi connectivity index (χ4v) is 1.75. The zero-order valence-electron chi connectivity index (χ0n) is 10.1. The van der Waals surface area contributed by atoms with Gasteiger partial charge in [-0.2, -0.15) is 5.10 Å². The van der Waals surface area contributed by atoms with E-state index >= 15 is 0 Å². The van der Waals surface area contributed by atoms with E-state index in [2.05, 4.69) is 18.9 Å². The van der Waals surface area contributed by atoms with Gasteiger partial charge in [-0.25, -0.2) is 0 Å². The molecule has 0 fully saturated rings. The van der Waals surface area contributed by atoms with Crippen LogP contribution in [0.3, 0.4) is 0 Å². The first kappa shape index (κ1) is 12.0. The first-order valence-corrected chi connectivity index (χ1v) is 5.55. The number of carbonyl (C=O) groups is 1. The van der Waals surface area contributed by atoms with Gasteiger partial charge in [-0.05, 0) is 32.6 Å². The second kappa shape index (κ2) is 5.10. The Labute approximate surface area is 91.5 Å². The van der Waals surface area contributed by atoms with Gasteiger partial charge in [0.2, 0.25) is 0 Å². The number of nitrogens with zero attached hydrogens (tertiary/aromatic N) is 2. The second-order valence-corrected chi connectivity index (χ2v) is 4.46. The van der Waals surface area contributed by atoms with E-state index in [9.17, 15) is 4.79 Å². The van der Waals surface area contributed by atoms with Crippen molar-refractivity contribution < 1.29 is 4.79 Å². The number of carbonyl (C=O) groups excluding carboxylic acids is 1. The lowest BCUT2D eigenvalue weighted by Crippen LogP contribution is -2.04. The summed E-state index contributed by atoms with van der Waals surface area (Å²) in [6.07, 6.45) is 3.23. The first-order valence-electron chi connectivity index (χ1n) is 5.55. The van der Waals surface area contributed by atoms with E-state index in [1.165, 1.54) is 6.42 Å². The lowest BCUT2D eigenvalue weighted by molar-refractivity contribution is 0.112. The molecule has 15 heavy (non-hydrogen) atoms. The largest absolute Gasteiger partial charge is 0.298 e. The minimum atomic E-state index is 0.729. The molecule has 3 heteroatoms. The molecule has 1 rings (SSSR count). The molecule has 0 spiro atoms. The molecule has 0 atom stereocenters. The van der Waals surface area contributed by atoms with Crippen LogP contribution >= 0.6 is 0 Å². The van der Waals surface area contributed by atoms with Gasteiger partial charge in [0.25, 0.3) is 0 Å². The molecule has 0 amide bonds. The molecule has 3 nitrogen and oxygen atoms in total. The van der Waals surface area contributed by atoms with Gasteiger partial charge in [-0.15, -0.1) is 0 Å². The monoisotopic (exact) mass is 208 g/mol. The highest BCUT2D eigenvalue weighted by Crippen LogP contribution is 2.12. The summed E-state index contributed by atoms with van der Waals surface area (Å²) in [5.74, 6) is 0.729. The standard InChI is InChI=1S/C12H20N2O/c1-9(2)6-5-7-14-11(4)12(8-15)10(3)13-14/h8-9H,5-7H2,1-4H3. The van der Waals surface area contributed by atoms with Crippen molar-refractivity contribution in [3.05, 3.63) is 17.0 Å². The van der Waals surface area contributed by atoms with E-state index in [4.69, 9.17) is 0 Å². The van der Waals surface area contributed by atoms with Crippen LogP contribution in [0.2, 0.25) is 0 Å². The van der Waals surface area contributed by atoms with Crippen molar-refractivity contribution in [1.82, 2.24) is 9.78 Å². The number of hydrogen-bond acceptors (Lipinski definition) is 2. The SMILES string of the molecule is Cc1nn(CCCC(C)C)c(C)c1C=O. The summed E-state index contributed by atoms with van der Waals surface area (Å²) in [6, 6.07) is 0. The Kier molecular flexibility index (Phi) is 4.06. The van der Waals surface area contributed by atoms with E-state index in [1.807, 2.05) is 18.5 Å². The summed E-state index contributed by atoms with van der Waals surface area (Å²) in [5.41, 5.74) is 2.58. The quantitative estimate of drug-likeness (QED) is 0.697. The van der Waals surface area contributed by atoms with Gasteiger partial charge in [0, 0.05) is 12.2 Å². The Balaban J connectivity index is 2.66. The summed E-state index contributed by atoms with van der Waals surface area (Å²) >= 11 is 0. The second-order valence-electron chi connectivity index (χ2n) is 4.46. The predicted molar refractivity (Wildman–Crippen MR) is 61.2 cm³/mol. The summed E-state index contributed by atoms with van der Waals surface area (Å²) in [5, 5.41) is 4.36. The highest BCUT2D eigenvalue weighted by molar-refractivity contribution is 5.77. The Hall–Kier alpha value is -1.12. The van der Waals surface area contributed by atoms with Gasteiger partial charge in [-0.3, -0.25) is 9.48 Å². The average Bonchev–Trinajstić information content (AvgIpc) is 2.41. The lowest BCUT2D eigenvalue weighted by Gasteiger charge is -2.06. The van der Waals surface area contributed by atoms with Gasteiger partial charge in [0.15, 0.2) is 6.29 Å². The average molecular weight is 208 g/mol. The normalized spacial score (nSPS) is 11.0. The van der Waals surface area contributed by atoms with Crippen molar-refractivity contribution in [2.45, 2.75) is 47.1 Å². The number of aromatic nitrogens is 2. The summed E-state index contributed by atoms with van der Waals surface area (Å²) in [6.45, 7) is 9.20. The van der Waals surface area contributed by atoms with E-state index in [0.717, 1.165) is 42.1 Å². The van der Waals surface area contributed by atoms with Crippen molar-refractivity contribution >= 4 is 6.29 Å². The van der Waals surface area contributed by atoms with Crippen LogP contribution in [0.4, 0.5) is 0 Å². The number of hydrogen-bond donors (Lipinski definition) is 0. The third kappa shape index (κ3) is 2.91. The Morgan fingerprint density at radius 2 is 2.07 bits per heavy atom. The number of rotatable bonds is 5. The summed E-state index contributed by atoms with van der Waals surface area (Å²) < 4.78 is 1.95. The van der Waals surface area contributed by atoms with E-state index in [-0.39, 0.29) is 0 Å². The minimum absolute atomic E-state index is 0.729. The Morgan fingerprint density at radius 1 is 1.40 bits per heavy atom. The maximum atomic E-state index is 10.8. The molecular formula is C12H20N2O. The lowest BCUT2D eigenvalue weighted by atomic mass is 10.1. The molecule has 0 aliphatic carbocycles. The van der Waals surface area contributed by atoms with Gasteiger partial charge in [0.1, 0.15) is 0 Å². The Morgan fingerprint density at radius 3 is 2.53 bits per heavy atom. The van der Waals surface area contributed by atoms with Crippen molar-refractivity contribution in [3.8, 4) is 0 Å². The van der Waals surface area contributed by atoms with Crippen LogP contribution in [0, 0.1) is 19.8 Å². The van der Waals surface area contributed by atoms with Crippen LogP contribution in [-0.4, -0.2) is 16.1 Å². The molecule has 0 saturated heterocycles. The predicted octanol–water partition coefficient (Wildman–Crippen LogP) is 2.75. The summed E-state index contributed by atoms with van der Waals surface area (Å²) in [4.78, 5) is 10.8. The molecule has 0 aromatic carbocycles. The van der Waals surface area contributed by atoms with Crippen molar-refractivity contribution in [1.29, 1.82) is 0 Å². The molecule has 1 heterocycles. The number of aldehydes is 1. The van der Waals surface area contributed by atoms with Crippen LogP contribution in [0.1, 0.15) is 48.4 Å². The zero-order chi connectivity index (χ0) is 11.4. The van der Waals surface area contributed by atoms with Crippen LogP contribution in [0.25, 0.3) is 0 Å². The fourth-order valence-electron chi connectivity index (χ4n) is 1.75. The maximum Gasteiger partial charge on any atom is 0.153 e. The third-order valence-electron chi connectivity index (χ3n) is 2.71. The number of aryl methyl sites for hydroxylation is 2. The molecule has 0 unspecified atom stereocenters. The van der Waals surface area contributed by atoms with Gasteiger partial charge in [0.05, 0.1) is 11.3 Å². The van der Waals surface area contributed by atoms with E-state index in [1.54, 1.807) is 0 Å². The fraction of sp³-hybridized carbons (Fsp3) is 0.667. The van der Waals surface area contributed by atoms with Crippen LogP contribution in [0.15, 0.2) is 0 Å². The molecule has 0 bridgehead atoms. The highest BCUT2D eigenvalue weighted by atomic mass is 16.1. The smallest absolute Gasteiger partial charge is 0.153 e. The summed E-state index contributed by atoms with van der Waals surface area (Å²) in [7, 11) is 0. The first-order chi connectivity index (χ1) is 7.06. The zero-order valence-corrected chi connectivity index (χ0v) is 10.1. The molecular weight excluding hydrogens is 188 g/mol. The molecule has 0 saturated carbocycles. The molecule has 84 valence electrons. The molecule has 1 aromatic heterocycles. The molecule has 0 aliphatic heterocycles. The van der Waals surface area contributed by atoms with E-state index < -0.39 is 0 Å². The molecule has 0 aliphatic rings.